The monoisotopic (exact) mass is 254 g/mol. The van der Waals surface area contributed by atoms with Crippen molar-refractivity contribution in [3.8, 4) is 0 Å². The van der Waals surface area contributed by atoms with Gasteiger partial charge in [-0.25, -0.2) is 0 Å². The van der Waals surface area contributed by atoms with Crippen LogP contribution < -0.4 is 10.6 Å². The van der Waals surface area contributed by atoms with Crippen LogP contribution in [-0.4, -0.2) is 39.1 Å². The van der Waals surface area contributed by atoms with Gasteiger partial charge in [0.15, 0.2) is 0 Å². The molecule has 0 spiro atoms. The smallest absolute Gasteiger partial charge is 0.255 e. The third-order valence-corrected chi connectivity index (χ3v) is 2.70. The maximum Gasteiger partial charge on any atom is 0.255 e. The standard InChI is InChI=1S/C9H11ClN6O/c1-5-7(10)14-9-12-4-13-16(9)8(5)15(2)3-6(11)17/h4H,3H2,1-2H3,(H2,11,17). The zero-order chi connectivity index (χ0) is 12.6. The molecule has 2 heterocycles. The fourth-order valence-electron chi connectivity index (χ4n) is 1.64. The van der Waals surface area contributed by atoms with Gasteiger partial charge in [0.05, 0.1) is 6.54 Å². The normalized spacial score (nSPS) is 10.8. The molecule has 7 nitrogen and oxygen atoms in total. The summed E-state index contributed by atoms with van der Waals surface area (Å²) in [6.45, 7) is 1.86. The summed E-state index contributed by atoms with van der Waals surface area (Å²) in [5.41, 5.74) is 5.88. The average molecular weight is 255 g/mol. The fraction of sp³-hybridized carbons (Fsp3) is 0.333. The largest absolute Gasteiger partial charge is 0.368 e. The molecule has 0 unspecified atom stereocenters. The first kappa shape index (κ1) is 11.6. The van der Waals surface area contributed by atoms with Gasteiger partial charge >= 0.3 is 0 Å². The van der Waals surface area contributed by atoms with E-state index in [2.05, 4.69) is 15.1 Å². The second-order valence-electron chi connectivity index (χ2n) is 3.65. The van der Waals surface area contributed by atoms with Gasteiger partial charge in [0, 0.05) is 12.6 Å². The average Bonchev–Trinajstić information content (AvgIpc) is 2.65. The van der Waals surface area contributed by atoms with Crippen molar-refractivity contribution in [2.24, 2.45) is 5.73 Å². The van der Waals surface area contributed by atoms with Crippen LogP contribution in [-0.2, 0) is 4.79 Å². The summed E-state index contributed by atoms with van der Waals surface area (Å²) < 4.78 is 1.52. The Bertz CT molecular complexity index is 580. The maximum atomic E-state index is 10.9. The summed E-state index contributed by atoms with van der Waals surface area (Å²) in [5.74, 6) is 0.594. The highest BCUT2D eigenvalue weighted by molar-refractivity contribution is 6.30. The number of aromatic nitrogens is 4. The van der Waals surface area contributed by atoms with Crippen molar-refractivity contribution in [3.63, 3.8) is 0 Å². The quantitative estimate of drug-likeness (QED) is 0.779. The number of hydrogen-bond acceptors (Lipinski definition) is 5. The highest BCUT2D eigenvalue weighted by atomic mass is 35.5. The molecule has 0 radical (unpaired) electrons. The van der Waals surface area contributed by atoms with Crippen LogP contribution in [0.2, 0.25) is 5.15 Å². The van der Waals surface area contributed by atoms with Gasteiger partial charge in [0.2, 0.25) is 5.91 Å². The van der Waals surface area contributed by atoms with E-state index in [0.717, 1.165) is 0 Å². The molecule has 2 aromatic heterocycles. The van der Waals surface area contributed by atoms with Crippen LogP contribution in [0, 0.1) is 6.92 Å². The van der Waals surface area contributed by atoms with Crippen LogP contribution in [0.4, 0.5) is 5.82 Å². The summed E-state index contributed by atoms with van der Waals surface area (Å²) in [5, 5.41) is 4.37. The second kappa shape index (κ2) is 4.17. The summed E-state index contributed by atoms with van der Waals surface area (Å²) in [6, 6.07) is 0. The number of nitrogens with zero attached hydrogens (tertiary/aromatic N) is 5. The number of rotatable bonds is 3. The number of halogens is 1. The molecule has 90 valence electrons. The molecular weight excluding hydrogens is 244 g/mol. The number of likely N-dealkylation sites (N-methyl/N-ethyl adjacent to an activating group) is 1. The van der Waals surface area contributed by atoms with Crippen LogP contribution in [0.5, 0.6) is 0 Å². The molecule has 0 bridgehead atoms. The number of fused-ring (bicyclic) bond motifs is 1. The molecule has 0 aliphatic carbocycles. The number of nitrogens with two attached hydrogens (primary N) is 1. The van der Waals surface area contributed by atoms with Crippen LogP contribution in [0.15, 0.2) is 6.33 Å². The van der Waals surface area contributed by atoms with Gasteiger partial charge in [-0.05, 0) is 6.92 Å². The van der Waals surface area contributed by atoms with Crippen molar-refractivity contribution in [1.82, 2.24) is 19.6 Å². The minimum absolute atomic E-state index is 0.0656. The van der Waals surface area contributed by atoms with Gasteiger partial charge in [-0.1, -0.05) is 11.6 Å². The zero-order valence-corrected chi connectivity index (χ0v) is 10.1. The van der Waals surface area contributed by atoms with E-state index in [-0.39, 0.29) is 6.54 Å². The molecule has 0 saturated carbocycles. The topological polar surface area (TPSA) is 89.4 Å². The van der Waals surface area contributed by atoms with Gasteiger partial charge in [-0.3, -0.25) is 4.79 Å². The summed E-state index contributed by atoms with van der Waals surface area (Å²) in [6.07, 6.45) is 1.37. The zero-order valence-electron chi connectivity index (χ0n) is 9.38. The van der Waals surface area contributed by atoms with Gasteiger partial charge in [0.1, 0.15) is 17.3 Å². The van der Waals surface area contributed by atoms with Crippen molar-refractivity contribution in [2.75, 3.05) is 18.5 Å². The first-order valence-electron chi connectivity index (χ1n) is 4.86. The van der Waals surface area contributed by atoms with Crippen LogP contribution in [0.1, 0.15) is 5.56 Å². The Labute approximate surface area is 102 Å². The molecule has 2 rings (SSSR count). The number of amides is 1. The lowest BCUT2D eigenvalue weighted by molar-refractivity contribution is -0.116. The van der Waals surface area contributed by atoms with Gasteiger partial charge < -0.3 is 10.6 Å². The Morgan fingerprint density at radius 2 is 2.35 bits per heavy atom. The van der Waals surface area contributed by atoms with E-state index in [1.807, 2.05) is 0 Å². The minimum atomic E-state index is -0.437. The number of carbonyl (C=O) groups is 1. The molecule has 8 heteroatoms. The highest BCUT2D eigenvalue weighted by Gasteiger charge is 2.16. The predicted molar refractivity (Wildman–Crippen MR) is 63.0 cm³/mol. The van der Waals surface area contributed by atoms with E-state index in [1.54, 1.807) is 18.9 Å². The molecular formula is C9H11ClN6O. The van der Waals surface area contributed by atoms with E-state index < -0.39 is 5.91 Å². The molecule has 0 aromatic carbocycles. The van der Waals surface area contributed by atoms with Gasteiger partial charge in [-0.2, -0.15) is 19.6 Å². The minimum Gasteiger partial charge on any atom is -0.368 e. The Morgan fingerprint density at radius 3 is 3.00 bits per heavy atom. The van der Waals surface area contributed by atoms with E-state index in [4.69, 9.17) is 17.3 Å². The summed E-state index contributed by atoms with van der Waals surface area (Å²) in [7, 11) is 1.73. The van der Waals surface area contributed by atoms with E-state index in [9.17, 15) is 4.79 Å². The van der Waals surface area contributed by atoms with E-state index >= 15 is 0 Å². The molecule has 0 aliphatic rings. The number of anilines is 1. The molecule has 2 aromatic rings. The van der Waals surface area contributed by atoms with Crippen LogP contribution >= 0.6 is 11.6 Å². The molecule has 0 atom stereocenters. The Balaban J connectivity index is 2.61. The molecule has 0 aliphatic heterocycles. The Hall–Kier alpha value is -1.89. The second-order valence-corrected chi connectivity index (χ2v) is 4.00. The van der Waals surface area contributed by atoms with E-state index in [1.165, 1.54) is 10.8 Å². The van der Waals surface area contributed by atoms with Crippen LogP contribution in [0.3, 0.4) is 0 Å². The first-order chi connectivity index (χ1) is 8.00. The SMILES string of the molecule is Cc1c(Cl)nc2ncnn2c1N(C)CC(N)=O. The lowest BCUT2D eigenvalue weighted by Gasteiger charge is -2.20. The predicted octanol–water partition coefficient (Wildman–Crippen LogP) is 0.00762. The summed E-state index contributed by atoms with van der Waals surface area (Å²) >= 11 is 6.00. The third kappa shape index (κ3) is 2.01. The van der Waals surface area contributed by atoms with E-state index in [0.29, 0.717) is 22.3 Å². The Morgan fingerprint density at radius 1 is 1.65 bits per heavy atom. The lowest BCUT2D eigenvalue weighted by Crippen LogP contribution is -2.32. The molecule has 2 N–H and O–H groups in total. The van der Waals surface area contributed by atoms with Crippen molar-refractivity contribution >= 4 is 29.1 Å². The molecule has 0 fully saturated rings. The third-order valence-electron chi connectivity index (χ3n) is 2.33. The number of hydrogen-bond donors (Lipinski definition) is 1. The van der Waals surface area contributed by atoms with Crippen LogP contribution in [0.25, 0.3) is 5.78 Å². The Kier molecular flexibility index (Phi) is 2.84. The molecule has 1 amide bonds. The maximum absolute atomic E-state index is 10.9. The van der Waals surface area contributed by atoms with Crippen molar-refractivity contribution in [1.29, 1.82) is 0 Å². The molecule has 0 saturated heterocycles. The van der Waals surface area contributed by atoms with Gasteiger partial charge in [-0.15, -0.1) is 0 Å². The van der Waals surface area contributed by atoms with Gasteiger partial charge in [0.25, 0.3) is 5.78 Å². The van der Waals surface area contributed by atoms with Crippen molar-refractivity contribution in [2.45, 2.75) is 6.92 Å². The van der Waals surface area contributed by atoms with Crippen molar-refractivity contribution < 1.29 is 4.79 Å². The van der Waals surface area contributed by atoms with Crippen molar-refractivity contribution in [3.05, 3.63) is 17.0 Å². The number of primary amides is 1. The number of carbonyl (C=O) groups excluding carboxylic acids is 1. The first-order valence-corrected chi connectivity index (χ1v) is 5.23. The highest BCUT2D eigenvalue weighted by Crippen LogP contribution is 2.24. The lowest BCUT2D eigenvalue weighted by atomic mass is 10.3. The summed E-state index contributed by atoms with van der Waals surface area (Å²) in [4.78, 5) is 20.6. The fourth-order valence-corrected chi connectivity index (χ4v) is 1.80. The molecule has 17 heavy (non-hydrogen) atoms.